The number of nitrogens with one attached hydrogen (secondary N) is 1. The van der Waals surface area contributed by atoms with Gasteiger partial charge in [0.05, 0.1) is 0 Å². The van der Waals surface area contributed by atoms with E-state index in [9.17, 15) is 8.78 Å². The molecule has 3 N–H and O–H groups in total. The molecule has 0 spiro atoms. The highest BCUT2D eigenvalue weighted by molar-refractivity contribution is 5.95. The van der Waals surface area contributed by atoms with Crippen molar-refractivity contribution in [3.05, 3.63) is 29.3 Å². The van der Waals surface area contributed by atoms with Gasteiger partial charge in [0.25, 0.3) is 0 Å². The van der Waals surface area contributed by atoms with E-state index in [0.717, 1.165) is 12.1 Å². The minimum Gasteiger partial charge on any atom is -0.384 e. The Kier molecular flexibility index (Phi) is 3.24. The van der Waals surface area contributed by atoms with Crippen LogP contribution >= 0.6 is 0 Å². The van der Waals surface area contributed by atoms with Crippen LogP contribution in [-0.4, -0.2) is 19.4 Å². The lowest BCUT2D eigenvalue weighted by Gasteiger charge is -2.18. The van der Waals surface area contributed by atoms with Gasteiger partial charge in [0.15, 0.2) is 0 Å². The lowest BCUT2D eigenvalue weighted by atomic mass is 10.1. The van der Waals surface area contributed by atoms with Crippen LogP contribution in [0.3, 0.4) is 0 Å². The molecule has 3 nitrogen and oxygen atoms in total. The predicted octanol–water partition coefficient (Wildman–Crippen LogP) is 1.70. The summed E-state index contributed by atoms with van der Waals surface area (Å²) in [5.74, 6) is -1.76. The maximum atomic E-state index is 13.5. The Morgan fingerprint density at radius 2 is 1.87 bits per heavy atom. The zero-order chi connectivity index (χ0) is 11.6. The van der Waals surface area contributed by atoms with Crippen LogP contribution in [-0.2, 0) is 0 Å². The van der Waals surface area contributed by atoms with Gasteiger partial charge in [-0.3, -0.25) is 5.41 Å². The Hall–Kier alpha value is -1.65. The van der Waals surface area contributed by atoms with Gasteiger partial charge in [0.1, 0.15) is 23.2 Å². The fraction of sp³-hybridized carbons (Fsp3) is 0.300. The molecule has 0 aliphatic rings. The van der Waals surface area contributed by atoms with Crippen LogP contribution in [0.5, 0.6) is 0 Å². The summed E-state index contributed by atoms with van der Waals surface area (Å²) in [5.41, 5.74) is 5.11. The Morgan fingerprint density at radius 1 is 1.40 bits per heavy atom. The number of benzene rings is 1. The van der Waals surface area contributed by atoms with Crippen molar-refractivity contribution in [1.82, 2.24) is 0 Å². The maximum Gasteiger partial charge on any atom is 0.150 e. The maximum absolute atomic E-state index is 13.5. The molecule has 0 fully saturated rings. The van der Waals surface area contributed by atoms with Crippen molar-refractivity contribution in [2.45, 2.75) is 6.92 Å². The fourth-order valence-corrected chi connectivity index (χ4v) is 1.24. The summed E-state index contributed by atoms with van der Waals surface area (Å²) in [5, 5.41) is 7.08. The standard InChI is InChI=1S/C10H13F2N3/c1-3-15(2)9-7(11)4-6(10(13)14)5-8(9)12/h4-5H,3H2,1-2H3,(H3,13,14). The molecule has 0 heterocycles. The second-order valence-electron chi connectivity index (χ2n) is 3.22. The molecular weight excluding hydrogens is 200 g/mol. The number of anilines is 1. The zero-order valence-corrected chi connectivity index (χ0v) is 8.64. The van der Waals surface area contributed by atoms with E-state index in [0.29, 0.717) is 6.54 Å². The fourth-order valence-electron chi connectivity index (χ4n) is 1.24. The van der Waals surface area contributed by atoms with Crippen molar-refractivity contribution in [3.63, 3.8) is 0 Å². The van der Waals surface area contributed by atoms with Crippen molar-refractivity contribution < 1.29 is 8.78 Å². The minimum atomic E-state index is -0.704. The molecule has 5 heteroatoms. The van der Waals surface area contributed by atoms with E-state index in [4.69, 9.17) is 11.1 Å². The van der Waals surface area contributed by atoms with Crippen molar-refractivity contribution in [2.75, 3.05) is 18.5 Å². The van der Waals surface area contributed by atoms with E-state index in [1.807, 2.05) is 0 Å². The third-order valence-corrected chi connectivity index (χ3v) is 2.18. The van der Waals surface area contributed by atoms with Gasteiger partial charge in [-0.1, -0.05) is 0 Å². The third kappa shape index (κ3) is 2.23. The van der Waals surface area contributed by atoms with Gasteiger partial charge in [-0.25, -0.2) is 8.78 Å². The zero-order valence-electron chi connectivity index (χ0n) is 8.64. The average molecular weight is 213 g/mol. The molecule has 0 aromatic heterocycles. The minimum absolute atomic E-state index is 0.0539. The second kappa shape index (κ2) is 4.25. The van der Waals surface area contributed by atoms with Crippen molar-refractivity contribution in [1.29, 1.82) is 5.41 Å². The summed E-state index contributed by atoms with van der Waals surface area (Å²) in [6.07, 6.45) is 0. The Balaban J connectivity index is 3.27. The number of rotatable bonds is 3. The van der Waals surface area contributed by atoms with Crippen LogP contribution in [0, 0.1) is 17.0 Å². The van der Waals surface area contributed by atoms with E-state index >= 15 is 0 Å². The largest absolute Gasteiger partial charge is 0.384 e. The van der Waals surface area contributed by atoms with Crippen LogP contribution in [0.2, 0.25) is 0 Å². The number of nitrogens with two attached hydrogens (primary N) is 1. The van der Waals surface area contributed by atoms with Crippen molar-refractivity contribution in [2.24, 2.45) is 5.73 Å². The normalized spacial score (nSPS) is 10.1. The number of hydrogen-bond acceptors (Lipinski definition) is 2. The summed E-state index contributed by atoms with van der Waals surface area (Å²) < 4.78 is 26.9. The molecular formula is C10H13F2N3. The highest BCUT2D eigenvalue weighted by atomic mass is 19.1. The molecule has 1 aromatic rings. The summed E-state index contributed by atoms with van der Waals surface area (Å²) in [6.45, 7) is 2.28. The first kappa shape index (κ1) is 11.4. The van der Waals surface area contributed by atoms with Gasteiger partial charge >= 0.3 is 0 Å². The van der Waals surface area contributed by atoms with Gasteiger partial charge < -0.3 is 10.6 Å². The summed E-state index contributed by atoms with van der Waals surface area (Å²) >= 11 is 0. The highest BCUT2D eigenvalue weighted by Gasteiger charge is 2.14. The molecule has 0 atom stereocenters. The first-order chi connectivity index (χ1) is 6.97. The number of nitrogens with zero attached hydrogens (tertiary/aromatic N) is 1. The van der Waals surface area contributed by atoms with E-state index in [1.54, 1.807) is 14.0 Å². The third-order valence-electron chi connectivity index (χ3n) is 2.18. The Bertz CT molecular complexity index is 367. The molecule has 1 rings (SSSR count). The first-order valence-corrected chi connectivity index (χ1v) is 4.52. The quantitative estimate of drug-likeness (QED) is 0.593. The molecule has 15 heavy (non-hydrogen) atoms. The highest BCUT2D eigenvalue weighted by Crippen LogP contribution is 2.23. The van der Waals surface area contributed by atoms with Gasteiger partial charge in [0.2, 0.25) is 0 Å². The van der Waals surface area contributed by atoms with E-state index in [2.05, 4.69) is 0 Å². The monoisotopic (exact) mass is 213 g/mol. The van der Waals surface area contributed by atoms with Gasteiger partial charge in [-0.15, -0.1) is 0 Å². The molecule has 82 valence electrons. The molecule has 0 saturated carbocycles. The van der Waals surface area contributed by atoms with E-state index < -0.39 is 11.6 Å². The van der Waals surface area contributed by atoms with Crippen LogP contribution in [0.25, 0.3) is 0 Å². The molecule has 1 aromatic carbocycles. The average Bonchev–Trinajstić information content (AvgIpc) is 2.16. The molecule has 0 amide bonds. The molecule has 0 unspecified atom stereocenters. The second-order valence-corrected chi connectivity index (χ2v) is 3.22. The number of amidine groups is 1. The topological polar surface area (TPSA) is 53.1 Å². The van der Waals surface area contributed by atoms with Gasteiger partial charge in [0, 0.05) is 19.2 Å². The Labute approximate surface area is 87.0 Å². The van der Waals surface area contributed by atoms with Gasteiger partial charge in [-0.2, -0.15) is 0 Å². The summed E-state index contributed by atoms with van der Waals surface area (Å²) in [4.78, 5) is 1.45. The van der Waals surface area contributed by atoms with Crippen LogP contribution in [0.1, 0.15) is 12.5 Å². The Morgan fingerprint density at radius 3 is 2.20 bits per heavy atom. The van der Waals surface area contributed by atoms with E-state index in [1.165, 1.54) is 4.90 Å². The first-order valence-electron chi connectivity index (χ1n) is 4.52. The number of hydrogen-bond donors (Lipinski definition) is 2. The van der Waals surface area contributed by atoms with Crippen LogP contribution in [0.4, 0.5) is 14.5 Å². The van der Waals surface area contributed by atoms with Crippen molar-refractivity contribution >= 4 is 11.5 Å². The van der Waals surface area contributed by atoms with Crippen molar-refractivity contribution in [3.8, 4) is 0 Å². The smallest absolute Gasteiger partial charge is 0.150 e. The molecule has 0 radical (unpaired) electrons. The summed E-state index contributed by atoms with van der Waals surface area (Å²) in [6, 6.07) is 2.12. The summed E-state index contributed by atoms with van der Waals surface area (Å²) in [7, 11) is 1.59. The lowest BCUT2D eigenvalue weighted by molar-refractivity contribution is 0.578. The number of halogens is 2. The molecule has 0 aliphatic carbocycles. The predicted molar refractivity (Wildman–Crippen MR) is 56.3 cm³/mol. The number of nitrogen functional groups attached to an aromatic ring is 1. The molecule has 0 saturated heterocycles. The lowest BCUT2D eigenvalue weighted by Crippen LogP contribution is -2.20. The van der Waals surface area contributed by atoms with E-state index in [-0.39, 0.29) is 17.1 Å². The molecule has 0 bridgehead atoms. The SMILES string of the molecule is CCN(C)c1c(F)cc(C(=N)N)cc1F. The molecule has 0 aliphatic heterocycles. The van der Waals surface area contributed by atoms with Crippen LogP contribution < -0.4 is 10.6 Å². The van der Waals surface area contributed by atoms with Crippen LogP contribution in [0.15, 0.2) is 12.1 Å². The van der Waals surface area contributed by atoms with Gasteiger partial charge in [-0.05, 0) is 19.1 Å².